The smallest absolute Gasteiger partial charge is 0.125 e. The van der Waals surface area contributed by atoms with Gasteiger partial charge in [0.25, 0.3) is 0 Å². The fraction of sp³-hybridized carbons (Fsp3) is 0.111. The van der Waals surface area contributed by atoms with E-state index >= 15 is 0 Å². The zero-order valence-electron chi connectivity index (χ0n) is 11.5. The first kappa shape index (κ1) is 12.1. The average molecular weight is 275 g/mol. The second-order valence-corrected chi connectivity index (χ2v) is 5.14. The molecule has 2 aliphatic rings. The molecular weight excluding hydrogens is 260 g/mol. The molecule has 104 valence electrons. The number of benzene rings is 1. The Morgan fingerprint density at radius 3 is 2.52 bits per heavy atom. The Balaban J connectivity index is 1.74. The molecule has 2 aromatic rings. The maximum atomic E-state index is 5.62. The molecule has 1 aromatic heterocycles. The molecular formula is C18H15N2O-. The fourth-order valence-electron chi connectivity index (χ4n) is 2.77. The molecule has 0 radical (unpaired) electrons. The third kappa shape index (κ3) is 2.17. The van der Waals surface area contributed by atoms with Crippen LogP contribution in [0.3, 0.4) is 0 Å². The molecule has 1 unspecified atom stereocenters. The van der Waals surface area contributed by atoms with Crippen LogP contribution in [-0.4, -0.2) is 0 Å². The minimum absolute atomic E-state index is 0.118. The lowest BCUT2D eigenvalue weighted by atomic mass is 10.1. The Hall–Kier alpha value is -2.68. The number of furan rings is 1. The summed E-state index contributed by atoms with van der Waals surface area (Å²) in [4.78, 5) is 0. The molecule has 1 aromatic carbocycles. The molecule has 3 heteroatoms. The quantitative estimate of drug-likeness (QED) is 0.780. The second kappa shape index (κ2) is 5.02. The Morgan fingerprint density at radius 1 is 1.00 bits per heavy atom. The molecule has 21 heavy (non-hydrogen) atoms. The summed E-state index contributed by atoms with van der Waals surface area (Å²) >= 11 is 0. The van der Waals surface area contributed by atoms with Gasteiger partial charge in [-0.1, -0.05) is 42.5 Å². The van der Waals surface area contributed by atoms with Crippen molar-refractivity contribution in [1.29, 1.82) is 0 Å². The Bertz CT molecular complexity index is 697. The molecule has 0 saturated carbocycles. The van der Waals surface area contributed by atoms with E-state index in [2.05, 4.69) is 29.3 Å². The molecule has 1 aliphatic carbocycles. The predicted molar refractivity (Wildman–Crippen MR) is 83.7 cm³/mol. The summed E-state index contributed by atoms with van der Waals surface area (Å²) in [5.41, 5.74) is 8.20. The van der Waals surface area contributed by atoms with Gasteiger partial charge in [-0.15, -0.1) is 5.70 Å². The van der Waals surface area contributed by atoms with Gasteiger partial charge in [-0.25, -0.2) is 0 Å². The summed E-state index contributed by atoms with van der Waals surface area (Å²) in [5, 5.41) is 2.06. The molecule has 0 amide bonds. The van der Waals surface area contributed by atoms with E-state index in [0.29, 0.717) is 0 Å². The van der Waals surface area contributed by atoms with Crippen LogP contribution < -0.4 is 5.01 Å². The van der Waals surface area contributed by atoms with Crippen LogP contribution in [0.15, 0.2) is 88.7 Å². The van der Waals surface area contributed by atoms with Crippen LogP contribution in [-0.2, 0) is 0 Å². The lowest BCUT2D eigenvalue weighted by molar-refractivity contribution is 0.470. The van der Waals surface area contributed by atoms with E-state index in [0.717, 1.165) is 23.6 Å². The normalized spacial score (nSPS) is 20.4. The standard InChI is InChI=1S/C18H15N2O/c1-2-9-15(10-3-1)20-17(18-11-6-12-21-18)13-16(19-20)14-7-4-5-8-14/h1-12,17H,13H2/q-1. The van der Waals surface area contributed by atoms with Crippen LogP contribution in [0.5, 0.6) is 0 Å². The molecule has 3 nitrogen and oxygen atoms in total. The molecule has 0 spiro atoms. The van der Waals surface area contributed by atoms with Crippen molar-refractivity contribution in [1.82, 2.24) is 0 Å². The summed E-state index contributed by atoms with van der Waals surface area (Å²) in [7, 11) is 0. The summed E-state index contributed by atoms with van der Waals surface area (Å²) in [6, 6.07) is 14.3. The highest BCUT2D eigenvalue weighted by Gasteiger charge is 2.24. The molecule has 1 atom stereocenters. The highest BCUT2D eigenvalue weighted by Crippen LogP contribution is 2.45. The highest BCUT2D eigenvalue weighted by molar-refractivity contribution is 5.60. The van der Waals surface area contributed by atoms with Crippen LogP contribution in [0.4, 0.5) is 5.69 Å². The molecule has 0 N–H and O–H groups in total. The van der Waals surface area contributed by atoms with E-state index in [1.54, 1.807) is 6.26 Å². The van der Waals surface area contributed by atoms with Crippen LogP contribution in [0.2, 0.25) is 0 Å². The van der Waals surface area contributed by atoms with Crippen LogP contribution in [0, 0.1) is 0 Å². The van der Waals surface area contributed by atoms with E-state index < -0.39 is 0 Å². The van der Waals surface area contributed by atoms with Crippen molar-refractivity contribution >= 4 is 5.69 Å². The lowest BCUT2D eigenvalue weighted by Crippen LogP contribution is -2.17. The first-order valence-electron chi connectivity index (χ1n) is 7.09. The number of allylic oxidation sites excluding steroid dienone is 5. The monoisotopic (exact) mass is 275 g/mol. The number of hydrogen-bond acceptors (Lipinski definition) is 2. The number of rotatable bonds is 2. The summed E-state index contributed by atoms with van der Waals surface area (Å²) in [6.07, 6.45) is 10.9. The maximum Gasteiger partial charge on any atom is 0.125 e. The molecule has 1 aliphatic heterocycles. The number of nitrogens with zero attached hydrogens (tertiary/aromatic N) is 2. The Labute approximate surface area is 123 Å². The molecule has 4 rings (SSSR count). The van der Waals surface area contributed by atoms with Gasteiger partial charge in [-0.05, 0) is 36.3 Å². The second-order valence-electron chi connectivity index (χ2n) is 5.14. The van der Waals surface area contributed by atoms with Gasteiger partial charge in [0.2, 0.25) is 0 Å². The van der Waals surface area contributed by atoms with Crippen molar-refractivity contribution in [3.63, 3.8) is 0 Å². The molecule has 0 bridgehead atoms. The van der Waals surface area contributed by atoms with Crippen LogP contribution in [0.25, 0.3) is 5.43 Å². The van der Waals surface area contributed by atoms with Crippen molar-refractivity contribution in [3.05, 3.63) is 95.5 Å². The van der Waals surface area contributed by atoms with E-state index in [-0.39, 0.29) is 6.04 Å². The van der Waals surface area contributed by atoms with E-state index in [1.807, 2.05) is 42.5 Å². The number of para-hydroxylation sites is 1. The van der Waals surface area contributed by atoms with Gasteiger partial charge in [-0.2, -0.15) is 0 Å². The SMILES string of the molecule is C1=CC(=C2CC(c3ccco3)N(c3ccccc3)[N-]2)C=C1. The van der Waals surface area contributed by atoms with Crippen molar-refractivity contribution in [3.8, 4) is 0 Å². The minimum Gasteiger partial charge on any atom is -0.597 e. The summed E-state index contributed by atoms with van der Waals surface area (Å²) in [6.45, 7) is 0. The third-order valence-corrected chi connectivity index (χ3v) is 3.80. The zero-order chi connectivity index (χ0) is 14.1. The van der Waals surface area contributed by atoms with E-state index in [1.165, 1.54) is 5.57 Å². The largest absolute Gasteiger partial charge is 0.597 e. The maximum absolute atomic E-state index is 5.62. The van der Waals surface area contributed by atoms with E-state index in [9.17, 15) is 0 Å². The topological polar surface area (TPSA) is 30.5 Å². The average Bonchev–Trinajstić information content (AvgIpc) is 3.27. The van der Waals surface area contributed by atoms with Crippen LogP contribution >= 0.6 is 0 Å². The van der Waals surface area contributed by atoms with Gasteiger partial charge < -0.3 is 14.9 Å². The minimum atomic E-state index is 0.118. The summed E-state index contributed by atoms with van der Waals surface area (Å²) < 4.78 is 5.62. The molecule has 1 fully saturated rings. The number of hydrogen-bond donors (Lipinski definition) is 0. The lowest BCUT2D eigenvalue weighted by Gasteiger charge is -2.37. The highest BCUT2D eigenvalue weighted by atomic mass is 16.3. The first-order valence-corrected chi connectivity index (χ1v) is 7.09. The fourth-order valence-corrected chi connectivity index (χ4v) is 2.77. The third-order valence-electron chi connectivity index (χ3n) is 3.80. The van der Waals surface area contributed by atoms with Gasteiger partial charge in [0.1, 0.15) is 5.76 Å². The van der Waals surface area contributed by atoms with Gasteiger partial charge in [0.15, 0.2) is 0 Å². The van der Waals surface area contributed by atoms with Crippen molar-refractivity contribution in [2.24, 2.45) is 0 Å². The predicted octanol–water partition coefficient (Wildman–Crippen LogP) is 4.90. The number of anilines is 1. The van der Waals surface area contributed by atoms with Crippen LogP contribution in [0.1, 0.15) is 18.2 Å². The summed E-state index contributed by atoms with van der Waals surface area (Å²) in [5.74, 6) is 0.948. The molecule has 1 saturated heterocycles. The van der Waals surface area contributed by atoms with Gasteiger partial charge in [0, 0.05) is 5.69 Å². The molecule has 2 heterocycles. The Kier molecular flexibility index (Phi) is 2.89. The van der Waals surface area contributed by atoms with Gasteiger partial charge >= 0.3 is 0 Å². The van der Waals surface area contributed by atoms with Gasteiger partial charge in [0.05, 0.1) is 12.3 Å². The van der Waals surface area contributed by atoms with Crippen molar-refractivity contribution in [2.45, 2.75) is 12.5 Å². The Morgan fingerprint density at radius 2 is 1.81 bits per heavy atom. The zero-order valence-corrected chi connectivity index (χ0v) is 11.5. The van der Waals surface area contributed by atoms with E-state index in [4.69, 9.17) is 9.84 Å². The van der Waals surface area contributed by atoms with Gasteiger partial charge in [-0.3, -0.25) is 0 Å². The van der Waals surface area contributed by atoms with Crippen molar-refractivity contribution < 1.29 is 4.42 Å². The first-order chi connectivity index (χ1) is 10.4. The van der Waals surface area contributed by atoms with Crippen molar-refractivity contribution in [2.75, 3.05) is 5.01 Å².